The highest BCUT2D eigenvalue weighted by Crippen LogP contribution is 2.20. The standard InChI is InChI=1S/C13H14BrNO5S/c1-20-12(17)6-10(13(18)19)15-11(16)7-21-9-4-2-8(14)3-5-9/h2-5,10H,6-7H2,1H3,(H,15,16)(H,18,19)/t10-/m0/s1. The number of rotatable bonds is 7. The molecule has 1 aromatic rings. The number of hydrogen-bond acceptors (Lipinski definition) is 5. The molecule has 1 aromatic carbocycles. The lowest BCUT2D eigenvalue weighted by atomic mass is 10.2. The van der Waals surface area contributed by atoms with Crippen molar-refractivity contribution in [2.24, 2.45) is 0 Å². The number of methoxy groups -OCH3 is 1. The summed E-state index contributed by atoms with van der Waals surface area (Å²) in [5.74, 6) is -2.36. The number of hydrogen-bond donors (Lipinski definition) is 2. The molecule has 0 unspecified atom stereocenters. The summed E-state index contributed by atoms with van der Waals surface area (Å²) in [5, 5.41) is 11.2. The zero-order chi connectivity index (χ0) is 15.8. The summed E-state index contributed by atoms with van der Waals surface area (Å²) < 4.78 is 5.32. The second-order valence-electron chi connectivity index (χ2n) is 3.98. The van der Waals surface area contributed by atoms with Crippen LogP contribution in [-0.4, -0.2) is 41.9 Å². The molecule has 114 valence electrons. The number of nitrogens with one attached hydrogen (secondary N) is 1. The fraction of sp³-hybridized carbons (Fsp3) is 0.308. The van der Waals surface area contributed by atoms with Crippen molar-refractivity contribution in [1.82, 2.24) is 5.32 Å². The normalized spacial score (nSPS) is 11.5. The average molecular weight is 376 g/mol. The van der Waals surface area contributed by atoms with Crippen LogP contribution in [-0.2, 0) is 19.1 Å². The van der Waals surface area contributed by atoms with Gasteiger partial charge in [-0.1, -0.05) is 15.9 Å². The minimum absolute atomic E-state index is 0.0621. The third-order valence-corrected chi connectivity index (χ3v) is 3.96. The van der Waals surface area contributed by atoms with Gasteiger partial charge in [-0.25, -0.2) is 4.79 Å². The van der Waals surface area contributed by atoms with Gasteiger partial charge in [0.2, 0.25) is 5.91 Å². The highest BCUT2D eigenvalue weighted by molar-refractivity contribution is 9.10. The van der Waals surface area contributed by atoms with E-state index in [-0.39, 0.29) is 5.75 Å². The Kier molecular flexibility index (Phi) is 7.24. The summed E-state index contributed by atoms with van der Waals surface area (Å²) in [6, 6.07) is 6.08. The Balaban J connectivity index is 2.48. The van der Waals surface area contributed by atoms with Crippen molar-refractivity contribution in [2.45, 2.75) is 17.4 Å². The first-order valence-corrected chi connectivity index (χ1v) is 7.67. The molecule has 0 saturated heterocycles. The smallest absolute Gasteiger partial charge is 0.326 e. The number of thioether (sulfide) groups is 1. The second-order valence-corrected chi connectivity index (χ2v) is 5.95. The van der Waals surface area contributed by atoms with Gasteiger partial charge in [-0.3, -0.25) is 9.59 Å². The van der Waals surface area contributed by atoms with Crippen LogP contribution in [0.4, 0.5) is 0 Å². The maximum Gasteiger partial charge on any atom is 0.326 e. The summed E-state index contributed by atoms with van der Waals surface area (Å²) in [6.45, 7) is 0. The molecule has 0 aliphatic heterocycles. The molecule has 0 heterocycles. The highest BCUT2D eigenvalue weighted by Gasteiger charge is 2.23. The molecule has 1 rings (SSSR count). The molecule has 0 bridgehead atoms. The lowest BCUT2D eigenvalue weighted by Crippen LogP contribution is -2.43. The van der Waals surface area contributed by atoms with Crippen LogP contribution in [0.15, 0.2) is 33.6 Å². The average Bonchev–Trinajstić information content (AvgIpc) is 2.45. The van der Waals surface area contributed by atoms with E-state index in [0.717, 1.165) is 16.5 Å². The Bertz CT molecular complexity index is 520. The van der Waals surface area contributed by atoms with Gasteiger partial charge in [0, 0.05) is 9.37 Å². The molecule has 0 spiro atoms. The molecule has 0 fully saturated rings. The molecule has 6 nitrogen and oxygen atoms in total. The summed E-state index contributed by atoms with van der Waals surface area (Å²) >= 11 is 4.58. The van der Waals surface area contributed by atoms with E-state index in [9.17, 15) is 14.4 Å². The number of carboxylic acid groups (broad SMARTS) is 1. The van der Waals surface area contributed by atoms with Gasteiger partial charge in [0.25, 0.3) is 0 Å². The Morgan fingerprint density at radius 1 is 1.33 bits per heavy atom. The number of carbonyl (C=O) groups excluding carboxylic acids is 2. The minimum atomic E-state index is -1.28. The van der Waals surface area contributed by atoms with E-state index in [1.807, 2.05) is 24.3 Å². The molecule has 0 aliphatic carbocycles. The molecule has 0 saturated carbocycles. The zero-order valence-electron chi connectivity index (χ0n) is 11.2. The maximum atomic E-state index is 11.7. The fourth-order valence-corrected chi connectivity index (χ4v) is 2.34. The molecule has 1 atom stereocenters. The predicted molar refractivity (Wildman–Crippen MR) is 81.1 cm³/mol. The first-order chi connectivity index (χ1) is 9.92. The van der Waals surface area contributed by atoms with Crippen molar-refractivity contribution in [3.05, 3.63) is 28.7 Å². The predicted octanol–water partition coefficient (Wildman–Crippen LogP) is 1.67. The molecule has 2 N–H and O–H groups in total. The second kappa shape index (κ2) is 8.68. The summed E-state index contributed by atoms with van der Waals surface area (Å²) in [4.78, 5) is 34.6. The van der Waals surface area contributed by atoms with Crippen LogP contribution in [0.5, 0.6) is 0 Å². The van der Waals surface area contributed by atoms with Crippen molar-refractivity contribution in [1.29, 1.82) is 0 Å². The van der Waals surface area contributed by atoms with Crippen LogP contribution in [0.25, 0.3) is 0 Å². The largest absolute Gasteiger partial charge is 0.480 e. The molecule has 0 aliphatic rings. The van der Waals surface area contributed by atoms with Crippen molar-refractivity contribution in [3.8, 4) is 0 Å². The van der Waals surface area contributed by atoms with E-state index in [2.05, 4.69) is 26.0 Å². The molecule has 8 heteroatoms. The lowest BCUT2D eigenvalue weighted by Gasteiger charge is -2.13. The maximum absolute atomic E-state index is 11.7. The fourth-order valence-electron chi connectivity index (χ4n) is 1.37. The number of amides is 1. The number of carbonyl (C=O) groups is 3. The number of benzene rings is 1. The lowest BCUT2D eigenvalue weighted by molar-refractivity contribution is -0.148. The number of ether oxygens (including phenoxy) is 1. The number of carboxylic acids is 1. The van der Waals surface area contributed by atoms with Crippen LogP contribution in [0.1, 0.15) is 6.42 Å². The van der Waals surface area contributed by atoms with Crippen LogP contribution in [0.2, 0.25) is 0 Å². The Morgan fingerprint density at radius 2 is 1.95 bits per heavy atom. The third-order valence-electron chi connectivity index (χ3n) is 2.42. The van der Waals surface area contributed by atoms with Gasteiger partial charge < -0.3 is 15.2 Å². The van der Waals surface area contributed by atoms with Crippen molar-refractivity contribution in [2.75, 3.05) is 12.9 Å². The van der Waals surface area contributed by atoms with Gasteiger partial charge in [0.05, 0.1) is 19.3 Å². The van der Waals surface area contributed by atoms with Crippen molar-refractivity contribution in [3.63, 3.8) is 0 Å². The van der Waals surface area contributed by atoms with E-state index in [1.165, 1.54) is 11.8 Å². The SMILES string of the molecule is COC(=O)C[C@H](NC(=O)CSc1ccc(Br)cc1)C(=O)O. The molecule has 21 heavy (non-hydrogen) atoms. The molecule has 1 amide bonds. The van der Waals surface area contributed by atoms with E-state index >= 15 is 0 Å². The third kappa shape index (κ3) is 6.63. The van der Waals surface area contributed by atoms with Crippen LogP contribution >= 0.6 is 27.7 Å². The Morgan fingerprint density at radius 3 is 2.48 bits per heavy atom. The Labute approximate surface area is 134 Å². The zero-order valence-corrected chi connectivity index (χ0v) is 13.6. The van der Waals surface area contributed by atoms with Gasteiger partial charge in [-0.05, 0) is 24.3 Å². The van der Waals surface area contributed by atoms with Gasteiger partial charge >= 0.3 is 11.9 Å². The van der Waals surface area contributed by atoms with Crippen LogP contribution < -0.4 is 5.32 Å². The van der Waals surface area contributed by atoms with Gasteiger partial charge in [-0.15, -0.1) is 11.8 Å². The summed E-state index contributed by atoms with van der Waals surface area (Å²) in [5.41, 5.74) is 0. The number of esters is 1. The number of aliphatic carboxylic acids is 1. The van der Waals surface area contributed by atoms with E-state index in [1.54, 1.807) is 0 Å². The Hall–Kier alpha value is -1.54. The van der Waals surface area contributed by atoms with E-state index < -0.39 is 30.3 Å². The molecular weight excluding hydrogens is 362 g/mol. The van der Waals surface area contributed by atoms with Crippen LogP contribution in [0, 0.1) is 0 Å². The van der Waals surface area contributed by atoms with E-state index in [4.69, 9.17) is 5.11 Å². The quantitative estimate of drug-likeness (QED) is 0.556. The van der Waals surface area contributed by atoms with E-state index in [0.29, 0.717) is 0 Å². The molecular formula is C13H14BrNO5S. The molecule has 0 aromatic heterocycles. The summed E-state index contributed by atoms with van der Waals surface area (Å²) in [7, 11) is 1.16. The monoisotopic (exact) mass is 375 g/mol. The van der Waals surface area contributed by atoms with Crippen molar-refractivity contribution < 1.29 is 24.2 Å². The minimum Gasteiger partial charge on any atom is -0.480 e. The van der Waals surface area contributed by atoms with Gasteiger partial charge in [0.15, 0.2) is 0 Å². The van der Waals surface area contributed by atoms with Crippen molar-refractivity contribution >= 4 is 45.5 Å². The first kappa shape index (κ1) is 17.5. The first-order valence-electron chi connectivity index (χ1n) is 5.89. The van der Waals surface area contributed by atoms with Crippen LogP contribution in [0.3, 0.4) is 0 Å². The van der Waals surface area contributed by atoms with Gasteiger partial charge in [-0.2, -0.15) is 0 Å². The molecule has 0 radical (unpaired) electrons. The van der Waals surface area contributed by atoms with Gasteiger partial charge in [0.1, 0.15) is 6.04 Å². The topological polar surface area (TPSA) is 92.7 Å². The summed E-state index contributed by atoms with van der Waals surface area (Å²) in [6.07, 6.45) is -0.402. The number of halogens is 1. The highest BCUT2D eigenvalue weighted by atomic mass is 79.9.